The molecular formula is C21H27N2O5S+. The predicted octanol–water partition coefficient (Wildman–Crippen LogP) is 0.734. The number of aryl methyl sites for hydroxylation is 1. The third-order valence-corrected chi connectivity index (χ3v) is 7.22. The van der Waals surface area contributed by atoms with Crippen LogP contribution in [0, 0.1) is 6.92 Å². The highest BCUT2D eigenvalue weighted by molar-refractivity contribution is 7.89. The number of hydrogen-bond donors (Lipinski definition) is 1. The Morgan fingerprint density at radius 3 is 2.41 bits per heavy atom. The molecule has 1 fully saturated rings. The van der Waals surface area contributed by atoms with Crippen molar-refractivity contribution >= 4 is 10.0 Å². The van der Waals surface area contributed by atoms with E-state index in [9.17, 15) is 8.42 Å². The average molecular weight is 420 g/mol. The van der Waals surface area contributed by atoms with E-state index < -0.39 is 10.0 Å². The second-order valence-electron chi connectivity index (χ2n) is 7.37. The number of sulfonamides is 1. The zero-order valence-electron chi connectivity index (χ0n) is 16.6. The first kappa shape index (κ1) is 20.0. The Labute approximate surface area is 171 Å². The van der Waals surface area contributed by atoms with Crippen LogP contribution in [0.5, 0.6) is 17.2 Å². The highest BCUT2D eigenvalue weighted by Crippen LogP contribution is 2.33. The van der Waals surface area contributed by atoms with Gasteiger partial charge in [0, 0.05) is 6.07 Å². The first-order valence-electron chi connectivity index (χ1n) is 9.95. The molecule has 1 saturated heterocycles. The standard InChI is InChI=1S/C21H26N2O5S/c1-17-2-4-18(5-3-17)26-13-12-22-8-10-23(11-9-22)29(24,25)19-6-7-20-21(16-19)28-15-14-27-20/h2-7,16H,8-15H2,1H3/p+1. The Balaban J connectivity index is 1.30. The van der Waals surface area contributed by atoms with E-state index in [2.05, 4.69) is 0 Å². The van der Waals surface area contributed by atoms with Crippen LogP contribution in [-0.4, -0.2) is 65.3 Å². The molecule has 2 aromatic carbocycles. The predicted molar refractivity (Wildman–Crippen MR) is 108 cm³/mol. The SMILES string of the molecule is Cc1ccc(OCC[NH+]2CCN(S(=O)(=O)c3ccc4c(c3)OCCO4)CC2)cc1. The Hall–Kier alpha value is -2.29. The molecule has 2 aliphatic rings. The minimum atomic E-state index is -3.53. The summed E-state index contributed by atoms with van der Waals surface area (Å²) in [5, 5.41) is 0. The molecule has 0 aromatic heterocycles. The molecule has 2 heterocycles. The first-order chi connectivity index (χ1) is 14.0. The van der Waals surface area contributed by atoms with Crippen LogP contribution in [0.15, 0.2) is 47.4 Å². The maximum atomic E-state index is 13.0. The van der Waals surface area contributed by atoms with Gasteiger partial charge in [-0.15, -0.1) is 0 Å². The number of piperazine rings is 1. The number of fused-ring (bicyclic) bond motifs is 1. The summed E-state index contributed by atoms with van der Waals surface area (Å²) in [4.78, 5) is 1.61. The van der Waals surface area contributed by atoms with Crippen molar-refractivity contribution in [1.82, 2.24) is 4.31 Å². The van der Waals surface area contributed by atoms with Crippen LogP contribution in [0.2, 0.25) is 0 Å². The summed E-state index contributed by atoms with van der Waals surface area (Å²) in [6, 6.07) is 12.8. The summed E-state index contributed by atoms with van der Waals surface area (Å²) in [5.74, 6) is 1.96. The number of rotatable bonds is 6. The zero-order valence-corrected chi connectivity index (χ0v) is 17.4. The molecule has 0 spiro atoms. The molecule has 4 rings (SSSR count). The van der Waals surface area contributed by atoms with Crippen LogP contribution < -0.4 is 19.1 Å². The molecular weight excluding hydrogens is 392 g/mol. The highest BCUT2D eigenvalue weighted by atomic mass is 32.2. The third kappa shape index (κ3) is 4.66. The normalized spacial score (nSPS) is 17.8. The summed E-state index contributed by atoms with van der Waals surface area (Å²) in [5.41, 5.74) is 1.21. The first-order valence-corrected chi connectivity index (χ1v) is 11.4. The smallest absolute Gasteiger partial charge is 0.243 e. The Kier molecular flexibility index (Phi) is 5.94. The minimum absolute atomic E-state index is 0.257. The van der Waals surface area contributed by atoms with Crippen molar-refractivity contribution in [2.24, 2.45) is 0 Å². The van der Waals surface area contributed by atoms with Gasteiger partial charge in [0.05, 0.1) is 31.1 Å². The van der Waals surface area contributed by atoms with Crippen LogP contribution in [0.4, 0.5) is 0 Å². The fourth-order valence-corrected chi connectivity index (χ4v) is 5.03. The second kappa shape index (κ2) is 8.61. The van der Waals surface area contributed by atoms with Gasteiger partial charge in [-0.05, 0) is 31.2 Å². The number of ether oxygens (including phenoxy) is 3. The second-order valence-corrected chi connectivity index (χ2v) is 9.31. The molecule has 0 atom stereocenters. The molecule has 8 heteroatoms. The lowest BCUT2D eigenvalue weighted by atomic mass is 10.2. The van der Waals surface area contributed by atoms with Crippen molar-refractivity contribution in [2.75, 3.05) is 52.5 Å². The van der Waals surface area contributed by atoms with E-state index in [1.807, 2.05) is 31.2 Å². The van der Waals surface area contributed by atoms with Gasteiger partial charge in [0.2, 0.25) is 10.0 Å². The molecule has 0 saturated carbocycles. The molecule has 2 aliphatic heterocycles. The van der Waals surface area contributed by atoms with Crippen LogP contribution in [0.25, 0.3) is 0 Å². The molecule has 156 valence electrons. The summed E-state index contributed by atoms with van der Waals surface area (Å²) in [7, 11) is -3.53. The van der Waals surface area contributed by atoms with E-state index in [1.165, 1.54) is 10.5 Å². The van der Waals surface area contributed by atoms with Crippen molar-refractivity contribution in [1.29, 1.82) is 0 Å². The molecule has 7 nitrogen and oxygen atoms in total. The van der Waals surface area contributed by atoms with E-state index in [4.69, 9.17) is 14.2 Å². The molecule has 0 unspecified atom stereocenters. The van der Waals surface area contributed by atoms with E-state index in [0.29, 0.717) is 44.4 Å². The molecule has 1 N–H and O–H groups in total. The van der Waals surface area contributed by atoms with Gasteiger partial charge >= 0.3 is 0 Å². The van der Waals surface area contributed by atoms with Crippen molar-refractivity contribution in [3.8, 4) is 17.2 Å². The summed E-state index contributed by atoms with van der Waals surface area (Å²) >= 11 is 0. The fourth-order valence-electron chi connectivity index (χ4n) is 3.57. The number of quaternary nitrogens is 1. The lowest BCUT2D eigenvalue weighted by molar-refractivity contribution is -0.903. The summed E-state index contributed by atoms with van der Waals surface area (Å²) in [6.07, 6.45) is 0. The fraction of sp³-hybridized carbons (Fsp3) is 0.429. The largest absolute Gasteiger partial charge is 0.488 e. The van der Waals surface area contributed by atoms with E-state index in [-0.39, 0.29) is 4.90 Å². The summed E-state index contributed by atoms with van der Waals surface area (Å²) < 4.78 is 44.4. The van der Waals surface area contributed by atoms with Crippen molar-refractivity contribution < 1.29 is 27.5 Å². The number of nitrogens with zero attached hydrogens (tertiary/aromatic N) is 1. The van der Waals surface area contributed by atoms with Gasteiger partial charge in [-0.3, -0.25) is 0 Å². The minimum Gasteiger partial charge on any atom is -0.488 e. The van der Waals surface area contributed by atoms with Gasteiger partial charge in [0.15, 0.2) is 11.5 Å². The van der Waals surface area contributed by atoms with Gasteiger partial charge in [-0.1, -0.05) is 17.7 Å². The third-order valence-electron chi connectivity index (χ3n) is 5.33. The Bertz CT molecular complexity index is 938. The Morgan fingerprint density at radius 2 is 1.69 bits per heavy atom. The van der Waals surface area contributed by atoms with Crippen LogP contribution in [0.1, 0.15) is 5.56 Å². The van der Waals surface area contributed by atoms with E-state index >= 15 is 0 Å². The highest BCUT2D eigenvalue weighted by Gasteiger charge is 2.31. The molecule has 0 radical (unpaired) electrons. The van der Waals surface area contributed by atoms with Crippen molar-refractivity contribution in [3.63, 3.8) is 0 Å². The molecule has 2 aromatic rings. The number of hydrogen-bond acceptors (Lipinski definition) is 5. The lowest BCUT2D eigenvalue weighted by Crippen LogP contribution is -3.15. The molecule has 0 aliphatic carbocycles. The lowest BCUT2D eigenvalue weighted by Gasteiger charge is -2.31. The van der Waals surface area contributed by atoms with Crippen LogP contribution >= 0.6 is 0 Å². The number of benzene rings is 2. The van der Waals surface area contributed by atoms with Crippen molar-refractivity contribution in [2.45, 2.75) is 11.8 Å². The maximum Gasteiger partial charge on any atom is 0.243 e. The van der Waals surface area contributed by atoms with Gasteiger partial charge < -0.3 is 19.1 Å². The zero-order chi connectivity index (χ0) is 20.3. The van der Waals surface area contributed by atoms with E-state index in [1.54, 1.807) is 22.5 Å². The quantitative estimate of drug-likeness (QED) is 0.748. The average Bonchev–Trinajstić information content (AvgIpc) is 2.75. The molecule has 0 bridgehead atoms. The van der Waals surface area contributed by atoms with Crippen LogP contribution in [0.3, 0.4) is 0 Å². The monoisotopic (exact) mass is 419 g/mol. The van der Waals surface area contributed by atoms with Gasteiger partial charge in [-0.2, -0.15) is 4.31 Å². The van der Waals surface area contributed by atoms with Crippen LogP contribution in [-0.2, 0) is 10.0 Å². The summed E-state index contributed by atoms with van der Waals surface area (Å²) in [6.45, 7) is 6.96. The van der Waals surface area contributed by atoms with E-state index in [0.717, 1.165) is 25.4 Å². The molecule has 29 heavy (non-hydrogen) atoms. The van der Waals surface area contributed by atoms with Gasteiger partial charge in [0.25, 0.3) is 0 Å². The van der Waals surface area contributed by atoms with Gasteiger partial charge in [-0.25, -0.2) is 8.42 Å². The topological polar surface area (TPSA) is 69.5 Å². The van der Waals surface area contributed by atoms with Crippen molar-refractivity contribution in [3.05, 3.63) is 48.0 Å². The number of nitrogens with one attached hydrogen (secondary N) is 1. The van der Waals surface area contributed by atoms with Gasteiger partial charge in [0.1, 0.15) is 32.1 Å². The Morgan fingerprint density at radius 1 is 1.00 bits per heavy atom. The molecule has 0 amide bonds. The maximum absolute atomic E-state index is 13.0.